The van der Waals surface area contributed by atoms with E-state index in [0.717, 1.165) is 27.7 Å². The Labute approximate surface area is 343 Å². The van der Waals surface area contributed by atoms with Crippen molar-refractivity contribution in [2.45, 2.75) is 26.7 Å². The Hall–Kier alpha value is -6.26. The molecule has 0 saturated carbocycles. The second-order valence-electron chi connectivity index (χ2n) is 13.6. The van der Waals surface area contributed by atoms with Crippen LogP contribution in [0, 0.1) is 6.92 Å². The first-order valence-electron chi connectivity index (χ1n) is 19.4. The summed E-state index contributed by atoms with van der Waals surface area (Å²) in [6.07, 6.45) is 1.60. The number of aromatic nitrogens is 4. The number of hydrogen-bond acceptors (Lipinski definition) is 12. The van der Waals surface area contributed by atoms with Crippen molar-refractivity contribution in [3.63, 3.8) is 0 Å². The predicted octanol–water partition coefficient (Wildman–Crippen LogP) is 8.51. The summed E-state index contributed by atoms with van der Waals surface area (Å²) in [5.74, 6) is 3.07. The van der Waals surface area contributed by atoms with Crippen molar-refractivity contribution in [1.82, 2.24) is 19.7 Å². The normalized spacial score (nSPS) is 11.2. The van der Waals surface area contributed by atoms with Gasteiger partial charge in [-0.2, -0.15) is 10.1 Å². The summed E-state index contributed by atoms with van der Waals surface area (Å²) in [7, 11) is 3.22. The SMILES string of the molecule is COCCOCCOCCOCCOc1cc(Nc2nccc(Oc3ccc(NC(=O)Nc4cc(C(C)C)nn4-c4ccc(C)cc4)c4ccccc34)n2)cc(OC)c1. The first-order chi connectivity index (χ1) is 28.8. The second kappa shape index (κ2) is 21.5. The highest BCUT2D eigenvalue weighted by molar-refractivity contribution is 6.07. The van der Waals surface area contributed by atoms with Crippen LogP contribution in [0.2, 0.25) is 0 Å². The van der Waals surface area contributed by atoms with Gasteiger partial charge in [-0.25, -0.2) is 14.5 Å². The molecule has 0 bridgehead atoms. The molecule has 0 fully saturated rings. The second-order valence-corrected chi connectivity index (χ2v) is 13.6. The van der Waals surface area contributed by atoms with Crippen LogP contribution in [0.1, 0.15) is 31.0 Å². The van der Waals surface area contributed by atoms with E-state index in [1.165, 1.54) is 0 Å². The number of aryl methyl sites for hydroxylation is 1. The average molecular weight is 806 g/mol. The van der Waals surface area contributed by atoms with E-state index in [1.54, 1.807) is 49.4 Å². The van der Waals surface area contributed by atoms with Gasteiger partial charge in [0.25, 0.3) is 0 Å². The van der Waals surface area contributed by atoms with Gasteiger partial charge in [-0.15, -0.1) is 0 Å². The van der Waals surface area contributed by atoms with E-state index >= 15 is 0 Å². The Morgan fingerprint density at radius 1 is 0.746 bits per heavy atom. The highest BCUT2D eigenvalue weighted by atomic mass is 16.6. The zero-order valence-corrected chi connectivity index (χ0v) is 34.0. The van der Waals surface area contributed by atoms with Crippen LogP contribution in [0.5, 0.6) is 23.1 Å². The highest BCUT2D eigenvalue weighted by Gasteiger charge is 2.17. The number of anilines is 4. The number of nitrogens with zero attached hydrogens (tertiary/aromatic N) is 4. The molecule has 15 nitrogen and oxygen atoms in total. The van der Waals surface area contributed by atoms with E-state index in [9.17, 15) is 4.79 Å². The third kappa shape index (κ3) is 12.4. The van der Waals surface area contributed by atoms with Crippen molar-refractivity contribution in [3.05, 3.63) is 108 Å². The molecule has 0 atom stereocenters. The molecule has 2 heterocycles. The number of benzene rings is 4. The number of rotatable bonds is 22. The molecular weight excluding hydrogens is 755 g/mol. The van der Waals surface area contributed by atoms with Crippen LogP contribution in [0.25, 0.3) is 16.5 Å². The molecular formula is C44H51N7O8. The number of carbonyl (C=O) groups excluding carboxylic acids is 1. The van der Waals surface area contributed by atoms with Crippen molar-refractivity contribution >= 4 is 39.9 Å². The van der Waals surface area contributed by atoms with Gasteiger partial charge in [-0.3, -0.25) is 5.32 Å². The minimum atomic E-state index is -0.407. The molecule has 0 aliphatic carbocycles. The van der Waals surface area contributed by atoms with E-state index in [1.807, 2.05) is 73.7 Å². The molecule has 0 unspecified atom stereocenters. The van der Waals surface area contributed by atoms with Crippen LogP contribution in [-0.2, 0) is 18.9 Å². The van der Waals surface area contributed by atoms with Crippen molar-refractivity contribution < 1.29 is 38.0 Å². The summed E-state index contributed by atoms with van der Waals surface area (Å²) >= 11 is 0. The van der Waals surface area contributed by atoms with E-state index in [0.29, 0.717) is 99.1 Å². The molecule has 59 heavy (non-hydrogen) atoms. The maximum absolute atomic E-state index is 13.5. The summed E-state index contributed by atoms with van der Waals surface area (Å²) in [6, 6.07) is 27.8. The van der Waals surface area contributed by atoms with Gasteiger partial charge in [-0.05, 0) is 37.1 Å². The molecule has 0 radical (unpaired) electrons. The number of urea groups is 1. The van der Waals surface area contributed by atoms with Gasteiger partial charge in [0, 0.05) is 60.1 Å². The van der Waals surface area contributed by atoms with Crippen molar-refractivity contribution in [2.75, 3.05) is 83.0 Å². The minimum absolute atomic E-state index is 0.176. The first-order valence-corrected chi connectivity index (χ1v) is 19.4. The van der Waals surface area contributed by atoms with Gasteiger partial charge < -0.3 is 43.8 Å². The molecule has 0 saturated heterocycles. The molecule has 2 aromatic heterocycles. The fourth-order valence-corrected chi connectivity index (χ4v) is 5.84. The molecule has 6 aromatic rings. The van der Waals surface area contributed by atoms with Crippen LogP contribution in [0.4, 0.5) is 27.9 Å². The Bertz CT molecular complexity index is 2270. The number of carbonyl (C=O) groups is 1. The van der Waals surface area contributed by atoms with Crippen LogP contribution in [-0.4, -0.2) is 92.9 Å². The summed E-state index contributed by atoms with van der Waals surface area (Å²) < 4.78 is 40.9. The van der Waals surface area contributed by atoms with E-state index in [-0.39, 0.29) is 5.92 Å². The summed E-state index contributed by atoms with van der Waals surface area (Å²) in [4.78, 5) is 22.5. The molecule has 2 amide bonds. The lowest BCUT2D eigenvalue weighted by Gasteiger charge is -2.14. The lowest BCUT2D eigenvalue weighted by Crippen LogP contribution is -2.21. The van der Waals surface area contributed by atoms with E-state index in [4.69, 9.17) is 38.3 Å². The largest absolute Gasteiger partial charge is 0.497 e. The zero-order valence-electron chi connectivity index (χ0n) is 34.0. The third-order valence-corrected chi connectivity index (χ3v) is 8.86. The molecule has 4 aromatic carbocycles. The topological polar surface area (TPSA) is 161 Å². The standard InChI is InChI=1S/C44H51N7O8/c1-30(2)39-29-41(51(50-39)33-12-10-31(3)11-13-33)48-44(52)47-38-14-15-40(37-9-7-6-8-36(37)38)59-42-16-17-45-43(49-42)46-32-26-34(54-5)28-35(27-32)58-25-24-57-23-22-56-21-20-55-19-18-53-4/h6-17,26-30H,18-25H2,1-5H3,(H,45,46,49)(H2,47,48,52). The number of methoxy groups -OCH3 is 2. The Morgan fingerprint density at radius 2 is 1.44 bits per heavy atom. The lowest BCUT2D eigenvalue weighted by atomic mass is 10.1. The van der Waals surface area contributed by atoms with Gasteiger partial charge in [0.2, 0.25) is 11.8 Å². The monoisotopic (exact) mass is 805 g/mol. The van der Waals surface area contributed by atoms with Gasteiger partial charge in [0.1, 0.15) is 29.7 Å². The van der Waals surface area contributed by atoms with Gasteiger partial charge in [-0.1, -0.05) is 55.8 Å². The number of nitrogens with one attached hydrogen (secondary N) is 3. The van der Waals surface area contributed by atoms with E-state index < -0.39 is 6.03 Å². The molecule has 0 spiro atoms. The van der Waals surface area contributed by atoms with E-state index in [2.05, 4.69) is 39.8 Å². The third-order valence-electron chi connectivity index (χ3n) is 8.86. The maximum atomic E-state index is 13.5. The molecule has 0 aliphatic heterocycles. The number of hydrogen-bond donors (Lipinski definition) is 3. The minimum Gasteiger partial charge on any atom is -0.497 e. The fourth-order valence-electron chi connectivity index (χ4n) is 5.84. The molecule has 3 N–H and O–H groups in total. The maximum Gasteiger partial charge on any atom is 0.324 e. The summed E-state index contributed by atoms with van der Waals surface area (Å²) in [5.41, 5.74) is 4.11. The van der Waals surface area contributed by atoms with Crippen LogP contribution >= 0.6 is 0 Å². The van der Waals surface area contributed by atoms with Crippen LogP contribution < -0.4 is 30.2 Å². The quantitative estimate of drug-likeness (QED) is 0.0562. The molecule has 310 valence electrons. The van der Waals surface area contributed by atoms with Crippen molar-refractivity contribution in [3.8, 4) is 28.8 Å². The molecule has 0 aliphatic rings. The molecule has 15 heteroatoms. The van der Waals surface area contributed by atoms with Gasteiger partial charge in [0.05, 0.1) is 70.4 Å². The van der Waals surface area contributed by atoms with Crippen LogP contribution in [0.3, 0.4) is 0 Å². The Morgan fingerprint density at radius 3 is 2.15 bits per heavy atom. The van der Waals surface area contributed by atoms with Gasteiger partial charge in [0.15, 0.2) is 0 Å². The average Bonchev–Trinajstić information content (AvgIpc) is 3.66. The van der Waals surface area contributed by atoms with Gasteiger partial charge >= 0.3 is 6.03 Å². The first kappa shape index (κ1) is 42.3. The van der Waals surface area contributed by atoms with Crippen molar-refractivity contribution in [1.29, 1.82) is 0 Å². The highest BCUT2D eigenvalue weighted by Crippen LogP contribution is 2.35. The lowest BCUT2D eigenvalue weighted by molar-refractivity contribution is 0.000160. The Balaban J connectivity index is 1.06. The predicted molar refractivity (Wildman–Crippen MR) is 227 cm³/mol. The number of amides is 2. The number of fused-ring (bicyclic) bond motifs is 1. The zero-order chi connectivity index (χ0) is 41.4. The Kier molecular flexibility index (Phi) is 15.4. The molecule has 6 rings (SSSR count). The van der Waals surface area contributed by atoms with Crippen LogP contribution in [0.15, 0.2) is 97.2 Å². The number of ether oxygens (including phenoxy) is 7. The van der Waals surface area contributed by atoms with Crippen molar-refractivity contribution in [2.24, 2.45) is 0 Å². The summed E-state index contributed by atoms with van der Waals surface area (Å²) in [5, 5.41) is 15.5. The summed E-state index contributed by atoms with van der Waals surface area (Å²) in [6.45, 7) is 9.90. The fraction of sp³-hybridized carbons (Fsp3) is 0.318. The smallest absolute Gasteiger partial charge is 0.324 e.